The number of hydrogen-bond acceptors (Lipinski definition) is 4. The van der Waals surface area contributed by atoms with Crippen molar-refractivity contribution in [3.05, 3.63) is 29.8 Å². The zero-order chi connectivity index (χ0) is 15.8. The minimum atomic E-state index is 0.0496. The molecule has 1 amide bonds. The molecule has 0 bridgehead atoms. The maximum absolute atomic E-state index is 12.2. The summed E-state index contributed by atoms with van der Waals surface area (Å²) in [6, 6.07) is 5.60. The maximum Gasteiger partial charge on any atom is 0.246 e. The summed E-state index contributed by atoms with van der Waals surface area (Å²) >= 11 is 0. The SMILES string of the molecule is CCCOc1ccc(/C=C\C(=O)N2CCCNCC2)cc1N. The van der Waals surface area contributed by atoms with Gasteiger partial charge in [0.25, 0.3) is 0 Å². The van der Waals surface area contributed by atoms with Gasteiger partial charge in [0.15, 0.2) is 0 Å². The van der Waals surface area contributed by atoms with E-state index in [9.17, 15) is 4.79 Å². The minimum absolute atomic E-state index is 0.0496. The van der Waals surface area contributed by atoms with Crippen LogP contribution in [0.5, 0.6) is 5.75 Å². The summed E-state index contributed by atoms with van der Waals surface area (Å²) in [5.41, 5.74) is 7.47. The number of anilines is 1. The first kappa shape index (κ1) is 16.4. The fourth-order valence-electron chi connectivity index (χ4n) is 2.35. The highest BCUT2D eigenvalue weighted by Gasteiger charge is 2.12. The molecule has 2 rings (SSSR count). The van der Waals surface area contributed by atoms with Gasteiger partial charge in [-0.15, -0.1) is 0 Å². The average Bonchev–Trinajstić information content (AvgIpc) is 2.81. The number of rotatable bonds is 5. The lowest BCUT2D eigenvalue weighted by Crippen LogP contribution is -2.32. The lowest BCUT2D eigenvalue weighted by Gasteiger charge is -2.17. The number of ether oxygens (including phenoxy) is 1. The molecule has 1 aliphatic rings. The van der Waals surface area contributed by atoms with Crippen LogP contribution in [0.4, 0.5) is 5.69 Å². The molecule has 1 fully saturated rings. The molecular weight excluding hydrogens is 278 g/mol. The molecule has 0 radical (unpaired) electrons. The van der Waals surface area contributed by atoms with Crippen molar-refractivity contribution in [1.82, 2.24) is 10.2 Å². The van der Waals surface area contributed by atoms with E-state index in [2.05, 4.69) is 12.2 Å². The third-order valence-corrected chi connectivity index (χ3v) is 3.57. The van der Waals surface area contributed by atoms with Gasteiger partial charge >= 0.3 is 0 Å². The Hall–Kier alpha value is -2.01. The highest BCUT2D eigenvalue weighted by Crippen LogP contribution is 2.23. The van der Waals surface area contributed by atoms with E-state index in [4.69, 9.17) is 10.5 Å². The van der Waals surface area contributed by atoms with Crippen LogP contribution in [0.25, 0.3) is 6.08 Å². The fraction of sp³-hybridized carbons (Fsp3) is 0.471. The largest absolute Gasteiger partial charge is 0.491 e. The first-order valence-corrected chi connectivity index (χ1v) is 7.90. The van der Waals surface area contributed by atoms with Crippen molar-refractivity contribution in [2.75, 3.05) is 38.5 Å². The van der Waals surface area contributed by atoms with Crippen LogP contribution in [0.2, 0.25) is 0 Å². The first-order chi connectivity index (χ1) is 10.7. The van der Waals surface area contributed by atoms with Gasteiger partial charge in [-0.1, -0.05) is 13.0 Å². The Labute approximate surface area is 132 Å². The van der Waals surface area contributed by atoms with Crippen molar-refractivity contribution in [1.29, 1.82) is 0 Å². The van der Waals surface area contributed by atoms with Gasteiger partial charge in [0, 0.05) is 25.7 Å². The molecule has 3 N–H and O–H groups in total. The average molecular weight is 303 g/mol. The lowest BCUT2D eigenvalue weighted by atomic mass is 10.1. The molecule has 1 aromatic carbocycles. The van der Waals surface area contributed by atoms with Crippen molar-refractivity contribution in [3.8, 4) is 5.75 Å². The monoisotopic (exact) mass is 303 g/mol. The normalized spacial score (nSPS) is 15.8. The Morgan fingerprint density at radius 2 is 2.27 bits per heavy atom. The molecule has 1 heterocycles. The number of amides is 1. The zero-order valence-electron chi connectivity index (χ0n) is 13.2. The number of nitrogens with two attached hydrogens (primary N) is 1. The van der Waals surface area contributed by atoms with E-state index in [-0.39, 0.29) is 5.91 Å². The number of hydrogen-bond donors (Lipinski definition) is 2. The molecule has 1 aliphatic heterocycles. The Balaban J connectivity index is 1.97. The summed E-state index contributed by atoms with van der Waals surface area (Å²) in [5.74, 6) is 0.748. The van der Waals surface area contributed by atoms with E-state index >= 15 is 0 Å². The van der Waals surface area contributed by atoms with Crippen molar-refractivity contribution < 1.29 is 9.53 Å². The zero-order valence-corrected chi connectivity index (χ0v) is 13.2. The topological polar surface area (TPSA) is 67.6 Å². The van der Waals surface area contributed by atoms with Crippen LogP contribution in [-0.4, -0.2) is 43.6 Å². The molecule has 0 unspecified atom stereocenters. The van der Waals surface area contributed by atoms with Crippen molar-refractivity contribution in [3.63, 3.8) is 0 Å². The summed E-state index contributed by atoms with van der Waals surface area (Å²) in [6.07, 6.45) is 5.36. The van der Waals surface area contributed by atoms with Gasteiger partial charge in [0.05, 0.1) is 12.3 Å². The molecule has 1 saturated heterocycles. The Morgan fingerprint density at radius 3 is 3.05 bits per heavy atom. The second kappa shape index (κ2) is 8.44. The van der Waals surface area contributed by atoms with Crippen molar-refractivity contribution in [2.45, 2.75) is 19.8 Å². The molecule has 0 aromatic heterocycles. The maximum atomic E-state index is 12.2. The molecule has 120 valence electrons. The van der Waals surface area contributed by atoms with Crippen LogP contribution >= 0.6 is 0 Å². The molecular formula is C17H25N3O2. The highest BCUT2D eigenvalue weighted by molar-refractivity contribution is 5.92. The van der Waals surface area contributed by atoms with E-state index in [0.29, 0.717) is 18.0 Å². The molecule has 0 saturated carbocycles. The summed E-state index contributed by atoms with van der Waals surface area (Å²) in [6.45, 7) is 6.11. The Bertz CT molecular complexity index is 521. The standard InChI is InChI=1S/C17H25N3O2/c1-2-12-22-16-6-4-14(13-15(16)18)5-7-17(21)20-10-3-8-19-9-11-20/h4-7,13,19H,2-3,8-12,18H2,1H3/b7-5-. The Morgan fingerprint density at radius 1 is 1.41 bits per heavy atom. The predicted octanol–water partition coefficient (Wildman–Crippen LogP) is 1.89. The quantitative estimate of drug-likeness (QED) is 0.644. The van der Waals surface area contributed by atoms with Gasteiger partial charge in [-0.3, -0.25) is 4.79 Å². The smallest absolute Gasteiger partial charge is 0.246 e. The summed E-state index contributed by atoms with van der Waals surface area (Å²) in [7, 11) is 0. The molecule has 5 heteroatoms. The molecule has 0 atom stereocenters. The summed E-state index contributed by atoms with van der Waals surface area (Å²) in [5, 5.41) is 3.29. The van der Waals surface area contributed by atoms with E-state index in [0.717, 1.165) is 44.6 Å². The number of nitrogen functional groups attached to an aromatic ring is 1. The first-order valence-electron chi connectivity index (χ1n) is 7.90. The van der Waals surface area contributed by atoms with Gasteiger partial charge in [0.1, 0.15) is 5.75 Å². The van der Waals surface area contributed by atoms with Crippen LogP contribution in [-0.2, 0) is 4.79 Å². The molecule has 0 aliphatic carbocycles. The summed E-state index contributed by atoms with van der Waals surface area (Å²) < 4.78 is 5.54. The van der Waals surface area contributed by atoms with Crippen LogP contribution in [0.1, 0.15) is 25.3 Å². The van der Waals surface area contributed by atoms with E-state index in [1.165, 1.54) is 0 Å². The lowest BCUT2D eigenvalue weighted by molar-refractivity contribution is -0.125. The molecule has 22 heavy (non-hydrogen) atoms. The van der Waals surface area contributed by atoms with Crippen LogP contribution in [0.3, 0.4) is 0 Å². The fourth-order valence-corrected chi connectivity index (χ4v) is 2.35. The Kier molecular flexibility index (Phi) is 6.27. The van der Waals surface area contributed by atoms with E-state index in [1.807, 2.05) is 23.1 Å². The van der Waals surface area contributed by atoms with Crippen LogP contribution in [0, 0.1) is 0 Å². The summed E-state index contributed by atoms with van der Waals surface area (Å²) in [4.78, 5) is 14.0. The number of carbonyl (C=O) groups is 1. The van der Waals surface area contributed by atoms with Gasteiger partial charge in [-0.2, -0.15) is 0 Å². The van der Waals surface area contributed by atoms with Gasteiger partial charge in [0.2, 0.25) is 5.91 Å². The third kappa shape index (κ3) is 4.77. The van der Waals surface area contributed by atoms with E-state index < -0.39 is 0 Å². The molecule has 1 aromatic rings. The van der Waals surface area contributed by atoms with Crippen molar-refractivity contribution in [2.24, 2.45) is 0 Å². The number of nitrogens with one attached hydrogen (secondary N) is 1. The predicted molar refractivity (Wildman–Crippen MR) is 89.7 cm³/mol. The highest BCUT2D eigenvalue weighted by atomic mass is 16.5. The van der Waals surface area contributed by atoms with Gasteiger partial charge in [-0.05, 0) is 43.2 Å². The number of nitrogens with zero attached hydrogens (tertiary/aromatic N) is 1. The number of carbonyl (C=O) groups excluding carboxylic acids is 1. The van der Waals surface area contributed by atoms with Crippen LogP contribution < -0.4 is 15.8 Å². The third-order valence-electron chi connectivity index (χ3n) is 3.57. The second-order valence-electron chi connectivity index (χ2n) is 5.41. The van der Waals surface area contributed by atoms with E-state index in [1.54, 1.807) is 12.2 Å². The molecule has 0 spiro atoms. The van der Waals surface area contributed by atoms with Crippen LogP contribution in [0.15, 0.2) is 24.3 Å². The molecule has 5 nitrogen and oxygen atoms in total. The minimum Gasteiger partial charge on any atom is -0.491 e. The second-order valence-corrected chi connectivity index (χ2v) is 5.41. The number of benzene rings is 1. The van der Waals surface area contributed by atoms with Gasteiger partial charge < -0.3 is 20.7 Å². The van der Waals surface area contributed by atoms with Crippen molar-refractivity contribution >= 4 is 17.7 Å². The van der Waals surface area contributed by atoms with Gasteiger partial charge in [-0.25, -0.2) is 0 Å².